The highest BCUT2D eigenvalue weighted by atomic mass is 32.2. The third kappa shape index (κ3) is 5.93. The fraction of sp³-hybridized carbons (Fsp3) is 0.690. The van der Waals surface area contributed by atoms with E-state index >= 15 is 0 Å². The second-order valence-corrected chi connectivity index (χ2v) is 13.2. The molecule has 5 heterocycles. The van der Waals surface area contributed by atoms with Crippen LogP contribution in [0.15, 0.2) is 23.4 Å². The Bertz CT molecular complexity index is 1380. The Balaban J connectivity index is 1.03. The molecule has 1 aliphatic carbocycles. The third-order valence-electron chi connectivity index (χ3n) is 9.33. The molecule has 4 saturated heterocycles. The molecule has 5 aliphatic rings. The number of aromatic nitrogens is 4. The summed E-state index contributed by atoms with van der Waals surface area (Å²) in [7, 11) is 1.68. The van der Waals surface area contributed by atoms with Crippen LogP contribution in [0.5, 0.6) is 5.75 Å². The fourth-order valence-electron chi connectivity index (χ4n) is 7.07. The van der Waals surface area contributed by atoms with E-state index in [-0.39, 0.29) is 47.3 Å². The molecule has 1 unspecified atom stereocenters. The maximum atomic E-state index is 12.5. The molecule has 8 atom stereocenters. The third-order valence-corrected chi connectivity index (χ3v) is 10.3. The van der Waals surface area contributed by atoms with Gasteiger partial charge < -0.3 is 29.4 Å². The smallest absolute Gasteiger partial charge is 0.339 e. The van der Waals surface area contributed by atoms with Gasteiger partial charge in [0, 0.05) is 43.5 Å². The molecule has 1 saturated carbocycles. The van der Waals surface area contributed by atoms with Crippen molar-refractivity contribution in [2.75, 3.05) is 24.3 Å². The lowest BCUT2D eigenvalue weighted by Gasteiger charge is -2.60. The number of anilines is 1. The van der Waals surface area contributed by atoms with Gasteiger partial charge >= 0.3 is 5.97 Å². The number of carbonyl (C=O) groups excluding carboxylic acids is 1. The standard InChI is InChI=1S/C29H39N5O9S/c1-16-6-9-21-17(2)25(40-26-29(21)20(16)10-11-28(3,41-26)42-43-29)39-13-5-12-38-22-14-18(7-8-19(22)24(36)37)30-23(35)15-44-27-31-32-33-34(27)4/h7-8,14,16-17,20-21,25-26H,5-6,9-13,15H2,1-4H3,(H,30,35)(H,36,37)/t16-,17-,20?,21+,25+,26-,28-,29-/m1/s1. The van der Waals surface area contributed by atoms with Crippen molar-refractivity contribution in [2.45, 2.75) is 82.0 Å². The highest BCUT2D eigenvalue weighted by molar-refractivity contribution is 7.99. The number of tetrazole rings is 1. The Hall–Kier alpha value is -2.82. The number of amides is 1. The minimum absolute atomic E-state index is 0.00431. The summed E-state index contributed by atoms with van der Waals surface area (Å²) in [4.78, 5) is 36.3. The Morgan fingerprint density at radius 1 is 1.18 bits per heavy atom. The minimum Gasteiger partial charge on any atom is -0.493 e. The monoisotopic (exact) mass is 633 g/mol. The lowest BCUT2D eigenvalue weighted by molar-refractivity contribution is -0.577. The minimum atomic E-state index is -1.13. The molecule has 44 heavy (non-hydrogen) atoms. The number of carbonyl (C=O) groups is 2. The normalized spacial score (nSPS) is 34.2. The first kappa shape index (κ1) is 31.2. The molecule has 2 bridgehead atoms. The summed E-state index contributed by atoms with van der Waals surface area (Å²) in [5, 5.41) is 24.0. The second-order valence-electron chi connectivity index (χ2n) is 12.3. The number of hydrogen-bond donors (Lipinski definition) is 2. The van der Waals surface area contributed by atoms with Crippen LogP contribution in [0.4, 0.5) is 5.69 Å². The molecular weight excluding hydrogens is 594 g/mol. The van der Waals surface area contributed by atoms with E-state index in [2.05, 4.69) is 34.7 Å². The number of ether oxygens (including phenoxy) is 4. The van der Waals surface area contributed by atoms with Gasteiger partial charge in [-0.1, -0.05) is 25.6 Å². The van der Waals surface area contributed by atoms with Crippen molar-refractivity contribution in [3.8, 4) is 5.75 Å². The van der Waals surface area contributed by atoms with Crippen molar-refractivity contribution in [1.82, 2.24) is 20.2 Å². The van der Waals surface area contributed by atoms with E-state index in [4.69, 9.17) is 28.7 Å². The number of fused-ring (bicyclic) bond motifs is 2. The summed E-state index contributed by atoms with van der Waals surface area (Å²) < 4.78 is 26.4. The largest absolute Gasteiger partial charge is 0.493 e. The Labute approximate surface area is 259 Å². The molecule has 2 N–H and O–H groups in total. The SMILES string of the molecule is C[C@H]1[C@@H](OCCCOc2cc(NC(=O)CSc3nnnn3C)ccc2C(=O)O)O[C@@H]2O[C@@]3(C)CCC4[C@H](C)CC[C@@H]1[C@]42OO3. The van der Waals surface area contributed by atoms with Crippen molar-refractivity contribution >= 4 is 29.3 Å². The van der Waals surface area contributed by atoms with Gasteiger partial charge in [-0.05, 0) is 60.6 Å². The number of benzene rings is 1. The summed E-state index contributed by atoms with van der Waals surface area (Å²) in [6.07, 6.45) is 3.22. The number of carboxylic acids is 1. The van der Waals surface area contributed by atoms with E-state index in [9.17, 15) is 14.7 Å². The van der Waals surface area contributed by atoms with Crippen LogP contribution in [0.1, 0.15) is 63.2 Å². The van der Waals surface area contributed by atoms with Crippen LogP contribution in [-0.2, 0) is 35.8 Å². The summed E-state index contributed by atoms with van der Waals surface area (Å²) in [6, 6.07) is 4.43. The molecule has 240 valence electrons. The number of nitrogens with one attached hydrogen (secondary N) is 1. The molecule has 14 nitrogen and oxygen atoms in total. The van der Waals surface area contributed by atoms with Gasteiger partial charge in [0.15, 0.2) is 18.2 Å². The van der Waals surface area contributed by atoms with Crippen molar-refractivity contribution in [2.24, 2.45) is 30.7 Å². The van der Waals surface area contributed by atoms with Crippen LogP contribution < -0.4 is 10.1 Å². The fourth-order valence-corrected chi connectivity index (χ4v) is 7.72. The van der Waals surface area contributed by atoms with Gasteiger partial charge in [-0.15, -0.1) is 5.10 Å². The molecule has 15 heteroatoms. The van der Waals surface area contributed by atoms with Crippen LogP contribution in [0.3, 0.4) is 0 Å². The van der Waals surface area contributed by atoms with Crippen LogP contribution in [0.2, 0.25) is 0 Å². The molecule has 4 aliphatic heterocycles. The highest BCUT2D eigenvalue weighted by Crippen LogP contribution is 2.60. The maximum Gasteiger partial charge on any atom is 0.339 e. The molecule has 1 spiro atoms. The predicted molar refractivity (Wildman–Crippen MR) is 154 cm³/mol. The summed E-state index contributed by atoms with van der Waals surface area (Å²) >= 11 is 1.18. The maximum absolute atomic E-state index is 12.5. The number of nitrogens with zero attached hydrogens (tertiary/aromatic N) is 4. The molecule has 1 aromatic heterocycles. The first-order valence-corrected chi connectivity index (χ1v) is 16.0. The topological polar surface area (TPSA) is 165 Å². The average Bonchev–Trinajstić information content (AvgIpc) is 3.26. The quantitative estimate of drug-likeness (QED) is 0.209. The summed E-state index contributed by atoms with van der Waals surface area (Å²) in [5.74, 6) is -1.05. The van der Waals surface area contributed by atoms with Crippen molar-refractivity contribution < 1.29 is 43.4 Å². The highest BCUT2D eigenvalue weighted by Gasteiger charge is 2.69. The van der Waals surface area contributed by atoms with Gasteiger partial charge in [0.2, 0.25) is 16.9 Å². The second kappa shape index (κ2) is 12.5. The van der Waals surface area contributed by atoms with E-state index < -0.39 is 29.9 Å². The van der Waals surface area contributed by atoms with E-state index in [1.54, 1.807) is 7.05 Å². The molecule has 2 aromatic rings. The van der Waals surface area contributed by atoms with E-state index in [0.717, 1.165) is 25.7 Å². The van der Waals surface area contributed by atoms with Gasteiger partial charge in [-0.2, -0.15) is 0 Å². The first-order valence-electron chi connectivity index (χ1n) is 15.1. The summed E-state index contributed by atoms with van der Waals surface area (Å²) in [6.45, 7) is 6.85. The van der Waals surface area contributed by atoms with Gasteiger partial charge in [-0.25, -0.2) is 19.3 Å². The van der Waals surface area contributed by atoms with Gasteiger partial charge in [0.05, 0.1) is 19.0 Å². The lowest BCUT2D eigenvalue weighted by Crippen LogP contribution is -2.70. The summed E-state index contributed by atoms with van der Waals surface area (Å²) in [5.41, 5.74) is -0.232. The van der Waals surface area contributed by atoms with Gasteiger partial charge in [-0.3, -0.25) is 4.79 Å². The molecule has 7 rings (SSSR count). The predicted octanol–water partition coefficient (Wildman–Crippen LogP) is 3.63. The van der Waals surface area contributed by atoms with Crippen LogP contribution in [0.25, 0.3) is 0 Å². The van der Waals surface area contributed by atoms with Crippen LogP contribution >= 0.6 is 11.8 Å². The van der Waals surface area contributed by atoms with Crippen LogP contribution in [-0.4, -0.2) is 80.1 Å². The van der Waals surface area contributed by atoms with Gasteiger partial charge in [0.1, 0.15) is 11.3 Å². The van der Waals surface area contributed by atoms with E-state index in [1.807, 2.05) is 6.92 Å². The Kier molecular flexibility index (Phi) is 8.87. The zero-order valence-electron chi connectivity index (χ0n) is 25.3. The van der Waals surface area contributed by atoms with E-state index in [0.29, 0.717) is 29.8 Å². The van der Waals surface area contributed by atoms with E-state index in [1.165, 1.54) is 34.6 Å². The number of aromatic carboxylic acids is 1. The van der Waals surface area contributed by atoms with Crippen molar-refractivity contribution in [3.05, 3.63) is 23.8 Å². The Morgan fingerprint density at radius 2 is 2.02 bits per heavy atom. The number of carboxylic acid groups (broad SMARTS) is 1. The zero-order chi connectivity index (χ0) is 31.1. The number of hydrogen-bond acceptors (Lipinski definition) is 12. The Morgan fingerprint density at radius 3 is 2.80 bits per heavy atom. The molecule has 5 fully saturated rings. The average molecular weight is 634 g/mol. The van der Waals surface area contributed by atoms with Crippen LogP contribution in [0, 0.1) is 23.7 Å². The molecular formula is C29H39N5O9S. The first-order chi connectivity index (χ1) is 21.1. The van der Waals surface area contributed by atoms with Crippen molar-refractivity contribution in [1.29, 1.82) is 0 Å². The molecule has 1 amide bonds. The van der Waals surface area contributed by atoms with Crippen molar-refractivity contribution in [3.63, 3.8) is 0 Å². The van der Waals surface area contributed by atoms with Gasteiger partial charge in [0.25, 0.3) is 0 Å². The number of aryl methyl sites for hydroxylation is 1. The number of rotatable bonds is 11. The number of thioether (sulfide) groups is 1. The molecule has 0 radical (unpaired) electrons. The lowest BCUT2D eigenvalue weighted by atomic mass is 9.58. The molecule has 1 aromatic carbocycles. The zero-order valence-corrected chi connectivity index (χ0v) is 26.1.